The van der Waals surface area contributed by atoms with Gasteiger partial charge in [-0.3, -0.25) is 4.79 Å². The lowest BCUT2D eigenvalue weighted by Gasteiger charge is -2.11. The van der Waals surface area contributed by atoms with Crippen LogP contribution in [0.3, 0.4) is 0 Å². The molecule has 0 radical (unpaired) electrons. The van der Waals surface area contributed by atoms with Crippen LogP contribution in [0.4, 0.5) is 0 Å². The third-order valence-electron chi connectivity index (χ3n) is 2.52. The fourth-order valence-corrected chi connectivity index (χ4v) is 1.83. The van der Waals surface area contributed by atoms with E-state index in [4.69, 9.17) is 21.4 Å². The maximum atomic E-state index is 11.2. The Balaban J connectivity index is 2.70. The highest BCUT2D eigenvalue weighted by Gasteiger charge is 2.12. The van der Waals surface area contributed by atoms with Gasteiger partial charge in [0.15, 0.2) is 0 Å². The van der Waals surface area contributed by atoms with Gasteiger partial charge in [-0.05, 0) is 25.0 Å². The number of aliphatic hydroxyl groups excluding tert-OH is 2. The minimum atomic E-state index is -1.000. The van der Waals surface area contributed by atoms with Gasteiger partial charge in [0.2, 0.25) is 0 Å². The molecule has 0 spiro atoms. The monoisotopic (exact) mass is 272 g/mol. The first kappa shape index (κ1) is 15.0. The molecule has 100 valence electrons. The van der Waals surface area contributed by atoms with E-state index in [1.165, 1.54) is 0 Å². The van der Waals surface area contributed by atoms with E-state index in [-0.39, 0.29) is 19.0 Å². The fraction of sp³-hybridized carbons (Fsp3) is 0.462. The first-order chi connectivity index (χ1) is 8.58. The third-order valence-corrected chi connectivity index (χ3v) is 2.86. The molecule has 0 fully saturated rings. The van der Waals surface area contributed by atoms with E-state index in [1.54, 1.807) is 25.1 Å². The summed E-state index contributed by atoms with van der Waals surface area (Å²) < 4.78 is 4.83. The predicted molar refractivity (Wildman–Crippen MR) is 68.5 cm³/mol. The maximum absolute atomic E-state index is 11.2. The summed E-state index contributed by atoms with van der Waals surface area (Å²) in [6.45, 7) is 1.74. The summed E-state index contributed by atoms with van der Waals surface area (Å²) in [4.78, 5) is 11.2. The van der Waals surface area contributed by atoms with Gasteiger partial charge in [0.1, 0.15) is 6.10 Å². The number of aryl methyl sites for hydroxylation is 1. The topological polar surface area (TPSA) is 66.8 Å². The second-order valence-electron chi connectivity index (χ2n) is 3.86. The van der Waals surface area contributed by atoms with Crippen molar-refractivity contribution in [1.29, 1.82) is 0 Å². The zero-order chi connectivity index (χ0) is 13.5. The van der Waals surface area contributed by atoms with Crippen LogP contribution in [0.2, 0.25) is 5.02 Å². The minimum Gasteiger partial charge on any atom is -0.466 e. The molecular weight excluding hydrogens is 256 g/mol. The average Bonchev–Trinajstić information content (AvgIpc) is 2.37. The quantitative estimate of drug-likeness (QED) is 0.776. The number of benzene rings is 1. The van der Waals surface area contributed by atoms with Crippen molar-refractivity contribution in [2.45, 2.75) is 25.9 Å². The standard InChI is InChI=1S/C13H17ClO4/c1-2-18-13(17)6-4-9-3-5-11(14)10(7-9)12(16)8-15/h3,5,7,12,15-16H,2,4,6,8H2,1H3/t12-/m1/s1. The van der Waals surface area contributed by atoms with Gasteiger partial charge in [0.05, 0.1) is 13.2 Å². The van der Waals surface area contributed by atoms with Crippen LogP contribution in [0.15, 0.2) is 18.2 Å². The van der Waals surface area contributed by atoms with Crippen LogP contribution in [-0.4, -0.2) is 29.4 Å². The van der Waals surface area contributed by atoms with Crippen LogP contribution in [0, 0.1) is 0 Å². The van der Waals surface area contributed by atoms with Gasteiger partial charge in [-0.25, -0.2) is 0 Å². The van der Waals surface area contributed by atoms with Gasteiger partial charge in [-0.1, -0.05) is 23.7 Å². The van der Waals surface area contributed by atoms with Gasteiger partial charge < -0.3 is 14.9 Å². The largest absolute Gasteiger partial charge is 0.466 e. The predicted octanol–water partition coefficient (Wildman–Crippen LogP) is 1.86. The molecule has 0 aliphatic heterocycles. The number of ether oxygens (including phenoxy) is 1. The molecule has 0 saturated carbocycles. The molecule has 0 heterocycles. The van der Waals surface area contributed by atoms with Crippen molar-refractivity contribution in [3.63, 3.8) is 0 Å². The van der Waals surface area contributed by atoms with E-state index >= 15 is 0 Å². The van der Waals surface area contributed by atoms with E-state index in [0.717, 1.165) is 5.56 Å². The molecule has 1 aromatic carbocycles. The highest BCUT2D eigenvalue weighted by molar-refractivity contribution is 6.31. The summed E-state index contributed by atoms with van der Waals surface area (Å²) >= 11 is 5.92. The van der Waals surface area contributed by atoms with E-state index in [2.05, 4.69) is 0 Å². The lowest BCUT2D eigenvalue weighted by molar-refractivity contribution is -0.143. The van der Waals surface area contributed by atoms with Crippen molar-refractivity contribution in [2.24, 2.45) is 0 Å². The summed E-state index contributed by atoms with van der Waals surface area (Å²) in [5.74, 6) is -0.253. The van der Waals surface area contributed by atoms with Crippen molar-refractivity contribution in [3.05, 3.63) is 34.3 Å². The van der Waals surface area contributed by atoms with E-state index in [9.17, 15) is 9.90 Å². The zero-order valence-corrected chi connectivity index (χ0v) is 11.0. The smallest absolute Gasteiger partial charge is 0.306 e. The van der Waals surface area contributed by atoms with Crippen LogP contribution >= 0.6 is 11.6 Å². The Kier molecular flexibility index (Phi) is 6.12. The lowest BCUT2D eigenvalue weighted by atomic mass is 10.0. The molecule has 4 nitrogen and oxygen atoms in total. The Hall–Kier alpha value is -1.10. The van der Waals surface area contributed by atoms with Gasteiger partial charge in [0.25, 0.3) is 0 Å². The Morgan fingerprint density at radius 1 is 1.50 bits per heavy atom. The first-order valence-corrected chi connectivity index (χ1v) is 6.19. The van der Waals surface area contributed by atoms with Crippen LogP contribution in [-0.2, 0) is 16.0 Å². The van der Waals surface area contributed by atoms with Crippen LogP contribution in [0.5, 0.6) is 0 Å². The minimum absolute atomic E-state index is 0.253. The summed E-state index contributed by atoms with van der Waals surface area (Å²) in [7, 11) is 0. The van der Waals surface area contributed by atoms with Crippen molar-refractivity contribution >= 4 is 17.6 Å². The normalized spacial score (nSPS) is 12.2. The molecule has 2 N–H and O–H groups in total. The molecular formula is C13H17ClO4. The summed E-state index contributed by atoms with van der Waals surface area (Å²) in [6, 6.07) is 5.13. The summed E-state index contributed by atoms with van der Waals surface area (Å²) in [6.07, 6.45) is -0.203. The van der Waals surface area contributed by atoms with E-state index in [0.29, 0.717) is 23.6 Å². The van der Waals surface area contributed by atoms with Gasteiger partial charge in [-0.2, -0.15) is 0 Å². The Labute approximate surface area is 111 Å². The maximum Gasteiger partial charge on any atom is 0.306 e. The number of halogens is 1. The molecule has 0 bridgehead atoms. The SMILES string of the molecule is CCOC(=O)CCc1ccc(Cl)c([C@H](O)CO)c1. The molecule has 0 unspecified atom stereocenters. The molecule has 18 heavy (non-hydrogen) atoms. The lowest BCUT2D eigenvalue weighted by Crippen LogP contribution is -2.07. The highest BCUT2D eigenvalue weighted by atomic mass is 35.5. The van der Waals surface area contributed by atoms with E-state index < -0.39 is 6.10 Å². The van der Waals surface area contributed by atoms with Crippen LogP contribution < -0.4 is 0 Å². The van der Waals surface area contributed by atoms with Gasteiger partial charge in [-0.15, -0.1) is 0 Å². The van der Waals surface area contributed by atoms with Crippen LogP contribution in [0.1, 0.15) is 30.6 Å². The molecule has 0 aliphatic rings. The fourth-order valence-electron chi connectivity index (χ4n) is 1.58. The Bertz CT molecular complexity index is 406. The molecule has 5 heteroatoms. The number of esters is 1. The second-order valence-corrected chi connectivity index (χ2v) is 4.27. The van der Waals surface area contributed by atoms with Crippen molar-refractivity contribution in [2.75, 3.05) is 13.2 Å². The molecule has 0 saturated heterocycles. The van der Waals surface area contributed by atoms with Gasteiger partial charge >= 0.3 is 5.97 Å². The Morgan fingerprint density at radius 3 is 2.83 bits per heavy atom. The number of hydrogen-bond acceptors (Lipinski definition) is 4. The second kappa shape index (κ2) is 7.36. The van der Waals surface area contributed by atoms with Gasteiger partial charge in [0, 0.05) is 17.0 Å². The van der Waals surface area contributed by atoms with E-state index in [1.807, 2.05) is 0 Å². The highest BCUT2D eigenvalue weighted by Crippen LogP contribution is 2.24. The first-order valence-electron chi connectivity index (χ1n) is 5.81. The summed E-state index contributed by atoms with van der Waals surface area (Å²) in [5.41, 5.74) is 1.34. The number of carbonyl (C=O) groups is 1. The number of aliphatic hydroxyl groups is 2. The number of hydrogen-bond donors (Lipinski definition) is 2. The zero-order valence-electron chi connectivity index (χ0n) is 10.2. The molecule has 0 amide bonds. The van der Waals surface area contributed by atoms with Crippen molar-refractivity contribution in [1.82, 2.24) is 0 Å². The molecule has 1 aromatic rings. The third kappa shape index (κ3) is 4.29. The number of carbonyl (C=O) groups excluding carboxylic acids is 1. The van der Waals surface area contributed by atoms with Crippen molar-refractivity contribution in [3.8, 4) is 0 Å². The van der Waals surface area contributed by atoms with Crippen molar-refractivity contribution < 1.29 is 19.7 Å². The molecule has 0 aliphatic carbocycles. The Morgan fingerprint density at radius 2 is 2.22 bits per heavy atom. The molecule has 0 aromatic heterocycles. The molecule has 1 atom stereocenters. The molecule has 1 rings (SSSR count). The number of rotatable bonds is 6. The summed E-state index contributed by atoms with van der Waals surface area (Å²) in [5, 5.41) is 18.9. The average molecular weight is 273 g/mol. The van der Waals surface area contributed by atoms with Crippen LogP contribution in [0.25, 0.3) is 0 Å².